The Kier molecular flexibility index (Phi) is 6.13. The van der Waals surface area contributed by atoms with Gasteiger partial charge in [0.15, 0.2) is 0 Å². The minimum Gasteiger partial charge on any atom is -0.497 e. The molecule has 1 aromatic carbocycles. The van der Waals surface area contributed by atoms with Crippen molar-refractivity contribution in [2.75, 3.05) is 7.11 Å². The molecule has 0 radical (unpaired) electrons. The molecule has 0 amide bonds. The Hall–Kier alpha value is -1.09. The number of hydrogen-bond acceptors (Lipinski definition) is 2. The van der Waals surface area contributed by atoms with Crippen LogP contribution < -0.4 is 10.1 Å². The van der Waals surface area contributed by atoms with Gasteiger partial charge in [-0.05, 0) is 18.9 Å². The molecule has 1 unspecified atom stereocenters. The van der Waals surface area contributed by atoms with Gasteiger partial charge in [0.05, 0.1) is 7.11 Å². The largest absolute Gasteiger partial charge is 0.497 e. The van der Waals surface area contributed by atoms with E-state index in [2.05, 4.69) is 26.1 Å². The molecule has 0 bridgehead atoms. The van der Waals surface area contributed by atoms with Crippen LogP contribution in [0.5, 0.6) is 5.75 Å². The molecule has 1 atom stereocenters. The number of rotatable bonds is 7. The highest BCUT2D eigenvalue weighted by Crippen LogP contribution is 2.17. The van der Waals surface area contributed by atoms with Gasteiger partial charge in [-0.25, -0.2) is 4.39 Å². The summed E-state index contributed by atoms with van der Waals surface area (Å²) in [6.07, 6.45) is 2.30. The van der Waals surface area contributed by atoms with Crippen molar-refractivity contribution in [2.45, 2.75) is 46.2 Å². The Morgan fingerprint density at radius 3 is 2.44 bits per heavy atom. The van der Waals surface area contributed by atoms with Crippen LogP contribution in [0.25, 0.3) is 0 Å². The van der Waals surface area contributed by atoms with Gasteiger partial charge in [0.1, 0.15) is 11.6 Å². The molecule has 1 aromatic rings. The third kappa shape index (κ3) is 3.98. The molecule has 0 aliphatic heterocycles. The fourth-order valence-corrected chi connectivity index (χ4v) is 2.23. The zero-order chi connectivity index (χ0) is 13.5. The summed E-state index contributed by atoms with van der Waals surface area (Å²) in [5.41, 5.74) is 0.689. The molecule has 2 nitrogen and oxygen atoms in total. The molecule has 18 heavy (non-hydrogen) atoms. The first-order valence-electron chi connectivity index (χ1n) is 6.68. The molecule has 0 spiro atoms. The molecule has 1 N–H and O–H groups in total. The third-order valence-electron chi connectivity index (χ3n) is 3.63. The van der Waals surface area contributed by atoms with Crippen LogP contribution in [0.1, 0.15) is 39.2 Å². The second kappa shape index (κ2) is 7.37. The van der Waals surface area contributed by atoms with E-state index in [-0.39, 0.29) is 5.82 Å². The van der Waals surface area contributed by atoms with Crippen molar-refractivity contribution >= 4 is 0 Å². The smallest absolute Gasteiger partial charge is 0.131 e. The number of methoxy groups -OCH3 is 1. The first-order chi connectivity index (χ1) is 8.62. The zero-order valence-corrected chi connectivity index (χ0v) is 11.8. The van der Waals surface area contributed by atoms with Gasteiger partial charge >= 0.3 is 0 Å². The quantitative estimate of drug-likeness (QED) is 0.799. The Labute approximate surface area is 110 Å². The van der Waals surface area contributed by atoms with Gasteiger partial charge in [-0.2, -0.15) is 0 Å². The average molecular weight is 253 g/mol. The van der Waals surface area contributed by atoms with Gasteiger partial charge in [0.2, 0.25) is 0 Å². The van der Waals surface area contributed by atoms with Crippen molar-refractivity contribution in [3.05, 3.63) is 29.6 Å². The summed E-state index contributed by atoms with van der Waals surface area (Å²) in [7, 11) is 1.54. The molecular formula is C15H24FNO. The molecule has 0 saturated carbocycles. The van der Waals surface area contributed by atoms with Gasteiger partial charge in [-0.3, -0.25) is 0 Å². The van der Waals surface area contributed by atoms with E-state index in [9.17, 15) is 4.39 Å². The van der Waals surface area contributed by atoms with Crippen LogP contribution in [-0.2, 0) is 6.54 Å². The molecular weight excluding hydrogens is 229 g/mol. The Morgan fingerprint density at radius 1 is 1.28 bits per heavy atom. The molecule has 0 aliphatic rings. The number of nitrogens with one attached hydrogen (secondary N) is 1. The Bertz CT molecular complexity index is 364. The van der Waals surface area contributed by atoms with Crippen LogP contribution in [0.3, 0.4) is 0 Å². The zero-order valence-electron chi connectivity index (χ0n) is 11.8. The monoisotopic (exact) mass is 253 g/mol. The lowest BCUT2D eigenvalue weighted by atomic mass is 9.95. The standard InChI is InChI=1S/C15H24FNO/c1-5-12(6-2)11(3)17-10-13-7-8-14(18-4)9-15(13)16/h7-9,11-12,17H,5-6,10H2,1-4H3. The molecule has 0 aliphatic carbocycles. The van der Waals surface area contributed by atoms with Gasteiger partial charge in [-0.1, -0.05) is 32.8 Å². The fraction of sp³-hybridized carbons (Fsp3) is 0.600. The lowest BCUT2D eigenvalue weighted by molar-refractivity contribution is 0.351. The molecule has 0 aromatic heterocycles. The first-order valence-corrected chi connectivity index (χ1v) is 6.68. The van der Waals surface area contributed by atoms with Crippen LogP contribution in [0, 0.1) is 11.7 Å². The van der Waals surface area contributed by atoms with E-state index in [4.69, 9.17) is 4.74 Å². The van der Waals surface area contributed by atoms with Crippen molar-refractivity contribution in [2.24, 2.45) is 5.92 Å². The van der Waals surface area contributed by atoms with Crippen LogP contribution in [0.15, 0.2) is 18.2 Å². The van der Waals surface area contributed by atoms with Crippen LogP contribution in [0.2, 0.25) is 0 Å². The van der Waals surface area contributed by atoms with E-state index in [1.165, 1.54) is 6.07 Å². The normalized spacial score (nSPS) is 12.8. The first kappa shape index (κ1) is 15.0. The number of halogens is 1. The van der Waals surface area contributed by atoms with Gasteiger partial charge < -0.3 is 10.1 Å². The highest BCUT2D eigenvalue weighted by molar-refractivity contribution is 5.28. The van der Waals surface area contributed by atoms with E-state index >= 15 is 0 Å². The maximum absolute atomic E-state index is 13.7. The SMILES string of the molecule is CCC(CC)C(C)NCc1ccc(OC)cc1F. The number of hydrogen-bond donors (Lipinski definition) is 1. The second-order valence-electron chi connectivity index (χ2n) is 4.70. The van der Waals surface area contributed by atoms with Crippen molar-refractivity contribution in [1.82, 2.24) is 5.32 Å². The van der Waals surface area contributed by atoms with Crippen molar-refractivity contribution < 1.29 is 9.13 Å². The Morgan fingerprint density at radius 2 is 1.94 bits per heavy atom. The lowest BCUT2D eigenvalue weighted by Gasteiger charge is -2.22. The minimum atomic E-state index is -0.210. The predicted molar refractivity (Wildman–Crippen MR) is 73.3 cm³/mol. The average Bonchev–Trinajstić information content (AvgIpc) is 2.38. The van der Waals surface area contributed by atoms with E-state index in [1.54, 1.807) is 19.2 Å². The highest BCUT2D eigenvalue weighted by atomic mass is 19.1. The topological polar surface area (TPSA) is 21.3 Å². The van der Waals surface area contributed by atoms with Gasteiger partial charge in [0, 0.05) is 24.2 Å². The Balaban J connectivity index is 2.58. The lowest BCUT2D eigenvalue weighted by Crippen LogP contribution is -2.32. The highest BCUT2D eigenvalue weighted by Gasteiger charge is 2.13. The summed E-state index contributed by atoms with van der Waals surface area (Å²) in [5, 5.41) is 3.40. The summed E-state index contributed by atoms with van der Waals surface area (Å²) in [4.78, 5) is 0. The summed E-state index contributed by atoms with van der Waals surface area (Å²) in [6.45, 7) is 7.12. The van der Waals surface area contributed by atoms with Crippen LogP contribution in [-0.4, -0.2) is 13.2 Å². The minimum absolute atomic E-state index is 0.210. The van der Waals surface area contributed by atoms with E-state index in [0.29, 0.717) is 29.8 Å². The molecule has 0 heterocycles. The van der Waals surface area contributed by atoms with Crippen molar-refractivity contribution in [3.63, 3.8) is 0 Å². The fourth-order valence-electron chi connectivity index (χ4n) is 2.23. The molecule has 1 rings (SSSR count). The van der Waals surface area contributed by atoms with Crippen molar-refractivity contribution in [3.8, 4) is 5.75 Å². The predicted octanol–water partition coefficient (Wildman–Crippen LogP) is 3.75. The summed E-state index contributed by atoms with van der Waals surface area (Å²) < 4.78 is 18.7. The molecule has 3 heteroatoms. The third-order valence-corrected chi connectivity index (χ3v) is 3.63. The van der Waals surface area contributed by atoms with E-state index in [1.807, 2.05) is 0 Å². The summed E-state index contributed by atoms with van der Waals surface area (Å²) in [5.74, 6) is 0.995. The van der Waals surface area contributed by atoms with Gasteiger partial charge in [-0.15, -0.1) is 0 Å². The van der Waals surface area contributed by atoms with Gasteiger partial charge in [0.25, 0.3) is 0 Å². The molecule has 102 valence electrons. The summed E-state index contributed by atoms with van der Waals surface area (Å²) in [6, 6.07) is 5.41. The van der Waals surface area contributed by atoms with E-state index < -0.39 is 0 Å². The second-order valence-corrected chi connectivity index (χ2v) is 4.70. The molecule has 0 fully saturated rings. The van der Waals surface area contributed by atoms with Crippen LogP contribution >= 0.6 is 0 Å². The van der Waals surface area contributed by atoms with Crippen LogP contribution in [0.4, 0.5) is 4.39 Å². The summed E-state index contributed by atoms with van der Waals surface area (Å²) >= 11 is 0. The maximum atomic E-state index is 13.7. The number of benzene rings is 1. The van der Waals surface area contributed by atoms with Crippen molar-refractivity contribution in [1.29, 1.82) is 0 Å². The number of ether oxygens (including phenoxy) is 1. The maximum Gasteiger partial charge on any atom is 0.131 e. The molecule has 0 saturated heterocycles. The van der Waals surface area contributed by atoms with E-state index in [0.717, 1.165) is 12.8 Å².